The van der Waals surface area contributed by atoms with Gasteiger partial charge in [0.25, 0.3) is 0 Å². The van der Waals surface area contributed by atoms with Crippen molar-refractivity contribution in [2.24, 2.45) is 11.7 Å². The number of hydrogen-bond acceptors (Lipinski definition) is 3. The summed E-state index contributed by atoms with van der Waals surface area (Å²) in [6.07, 6.45) is 4.19. The minimum absolute atomic E-state index is 0.0158. The maximum Gasteiger partial charge on any atom is 0.120 e. The van der Waals surface area contributed by atoms with E-state index in [0.717, 1.165) is 25.6 Å². The summed E-state index contributed by atoms with van der Waals surface area (Å²) in [6.45, 7) is 3.88. The van der Waals surface area contributed by atoms with Crippen molar-refractivity contribution < 1.29 is 4.74 Å². The van der Waals surface area contributed by atoms with E-state index in [1.807, 2.05) is 0 Å². The average molecular weight is 214 g/mol. The fourth-order valence-electron chi connectivity index (χ4n) is 1.85. The Morgan fingerprint density at radius 1 is 1.50 bits per heavy atom. The normalized spacial score (nSPS) is 29.0. The molecule has 80 valence electrons. The van der Waals surface area contributed by atoms with Crippen molar-refractivity contribution in [1.29, 1.82) is 0 Å². The molecule has 1 unspecified atom stereocenters. The average Bonchev–Trinajstić information content (AvgIpc) is 2.99. The summed E-state index contributed by atoms with van der Waals surface area (Å²) >= 11 is 4.94. The van der Waals surface area contributed by atoms with E-state index in [9.17, 15) is 0 Å². The molecule has 2 N–H and O–H groups in total. The van der Waals surface area contributed by atoms with Gasteiger partial charge in [0, 0.05) is 13.1 Å². The lowest BCUT2D eigenvalue weighted by atomic mass is 10.2. The third-order valence-electron chi connectivity index (χ3n) is 3.02. The molecule has 1 atom stereocenters. The number of morpholine rings is 1. The minimum atomic E-state index is -0.0158. The first-order valence-electron chi connectivity index (χ1n) is 5.39. The highest BCUT2D eigenvalue weighted by Crippen LogP contribution is 2.32. The van der Waals surface area contributed by atoms with Crippen LogP contribution in [0.3, 0.4) is 0 Å². The summed E-state index contributed by atoms with van der Waals surface area (Å²) in [7, 11) is 0. The van der Waals surface area contributed by atoms with Gasteiger partial charge in [0.1, 0.15) is 11.1 Å². The molecule has 0 radical (unpaired) electrons. The van der Waals surface area contributed by atoms with Crippen LogP contribution in [0, 0.1) is 5.92 Å². The first-order chi connectivity index (χ1) is 6.75. The number of nitrogens with two attached hydrogens (primary N) is 1. The number of hydrogen-bond donors (Lipinski definition) is 1. The molecule has 1 aliphatic heterocycles. The summed E-state index contributed by atoms with van der Waals surface area (Å²) in [6, 6.07) is 0. The molecule has 0 bridgehead atoms. The SMILES string of the molecule is NC(=S)C1CN(CCC2CC2)CCO1. The van der Waals surface area contributed by atoms with Crippen molar-refractivity contribution in [1.82, 2.24) is 4.90 Å². The van der Waals surface area contributed by atoms with Gasteiger partial charge in [0.2, 0.25) is 0 Å². The van der Waals surface area contributed by atoms with E-state index in [4.69, 9.17) is 22.7 Å². The van der Waals surface area contributed by atoms with Gasteiger partial charge in [-0.25, -0.2) is 0 Å². The molecule has 1 aliphatic carbocycles. The highest BCUT2D eigenvalue weighted by atomic mass is 32.1. The van der Waals surface area contributed by atoms with Crippen LogP contribution in [0.25, 0.3) is 0 Å². The molecule has 14 heavy (non-hydrogen) atoms. The summed E-state index contributed by atoms with van der Waals surface area (Å²) < 4.78 is 5.48. The van der Waals surface area contributed by atoms with Crippen LogP contribution in [-0.4, -0.2) is 42.2 Å². The van der Waals surface area contributed by atoms with Gasteiger partial charge in [-0.2, -0.15) is 0 Å². The standard InChI is InChI=1S/C10H18N2OS/c11-10(14)9-7-12(5-6-13-9)4-3-8-1-2-8/h8-9H,1-7H2,(H2,11,14). The summed E-state index contributed by atoms with van der Waals surface area (Å²) in [5.74, 6) is 1.00. The van der Waals surface area contributed by atoms with Gasteiger partial charge in [-0.3, -0.25) is 4.90 Å². The highest BCUT2D eigenvalue weighted by molar-refractivity contribution is 7.80. The molecule has 2 rings (SSSR count). The molecule has 0 aromatic rings. The molecular weight excluding hydrogens is 196 g/mol. The third kappa shape index (κ3) is 2.90. The molecule has 4 heteroatoms. The molecule has 3 nitrogen and oxygen atoms in total. The molecule has 0 amide bonds. The Balaban J connectivity index is 1.72. The molecule has 2 aliphatic rings. The molecule has 1 heterocycles. The second-order valence-electron chi connectivity index (χ2n) is 4.29. The van der Waals surface area contributed by atoms with Crippen molar-refractivity contribution in [3.8, 4) is 0 Å². The zero-order valence-electron chi connectivity index (χ0n) is 8.45. The van der Waals surface area contributed by atoms with Crippen LogP contribution in [0.15, 0.2) is 0 Å². The fraction of sp³-hybridized carbons (Fsp3) is 0.900. The minimum Gasteiger partial charge on any atom is -0.391 e. The van der Waals surface area contributed by atoms with E-state index in [-0.39, 0.29) is 6.10 Å². The number of rotatable bonds is 4. The van der Waals surface area contributed by atoms with Crippen molar-refractivity contribution >= 4 is 17.2 Å². The van der Waals surface area contributed by atoms with Crippen molar-refractivity contribution in [2.75, 3.05) is 26.2 Å². The smallest absolute Gasteiger partial charge is 0.120 e. The first kappa shape index (κ1) is 10.3. The third-order valence-corrected chi connectivity index (χ3v) is 3.28. The Kier molecular flexibility index (Phi) is 3.36. The Bertz CT molecular complexity index is 218. The van der Waals surface area contributed by atoms with Crippen LogP contribution >= 0.6 is 12.2 Å². The molecule has 1 saturated carbocycles. The van der Waals surface area contributed by atoms with Crippen LogP contribution in [0.5, 0.6) is 0 Å². The van der Waals surface area contributed by atoms with Gasteiger partial charge < -0.3 is 10.5 Å². The first-order valence-corrected chi connectivity index (χ1v) is 5.80. The lowest BCUT2D eigenvalue weighted by molar-refractivity contribution is 0.00638. The van der Waals surface area contributed by atoms with Crippen LogP contribution in [0.1, 0.15) is 19.3 Å². The van der Waals surface area contributed by atoms with Gasteiger partial charge in [-0.15, -0.1) is 0 Å². The number of ether oxygens (including phenoxy) is 1. The second kappa shape index (κ2) is 4.55. The quantitative estimate of drug-likeness (QED) is 0.702. The monoisotopic (exact) mass is 214 g/mol. The predicted octanol–water partition coefficient (Wildman–Crippen LogP) is 0.773. The van der Waals surface area contributed by atoms with Crippen LogP contribution in [0.4, 0.5) is 0 Å². The highest BCUT2D eigenvalue weighted by Gasteiger charge is 2.25. The van der Waals surface area contributed by atoms with Gasteiger partial charge in [0.15, 0.2) is 0 Å². The van der Waals surface area contributed by atoms with Gasteiger partial charge in [-0.1, -0.05) is 25.1 Å². The van der Waals surface area contributed by atoms with Crippen LogP contribution in [-0.2, 0) is 4.74 Å². The molecule has 0 aromatic heterocycles. The Hall–Kier alpha value is -0.190. The van der Waals surface area contributed by atoms with E-state index in [1.54, 1.807) is 0 Å². The van der Waals surface area contributed by atoms with Crippen LogP contribution < -0.4 is 5.73 Å². The topological polar surface area (TPSA) is 38.5 Å². The van der Waals surface area contributed by atoms with E-state index >= 15 is 0 Å². The van der Waals surface area contributed by atoms with E-state index in [2.05, 4.69) is 4.90 Å². The zero-order valence-corrected chi connectivity index (χ0v) is 9.26. The van der Waals surface area contributed by atoms with Crippen molar-refractivity contribution in [3.05, 3.63) is 0 Å². The largest absolute Gasteiger partial charge is 0.391 e. The number of thiocarbonyl (C=S) groups is 1. The molecule has 1 saturated heterocycles. The van der Waals surface area contributed by atoms with Gasteiger partial charge >= 0.3 is 0 Å². The summed E-state index contributed by atoms with van der Waals surface area (Å²) in [4.78, 5) is 2.92. The Morgan fingerprint density at radius 3 is 2.93 bits per heavy atom. The summed E-state index contributed by atoms with van der Waals surface area (Å²) in [5, 5.41) is 0. The van der Waals surface area contributed by atoms with E-state index in [0.29, 0.717) is 4.99 Å². The van der Waals surface area contributed by atoms with Crippen molar-refractivity contribution in [2.45, 2.75) is 25.4 Å². The Labute approximate surface area is 90.6 Å². The maximum absolute atomic E-state index is 5.58. The molecular formula is C10H18N2OS. The van der Waals surface area contributed by atoms with E-state index in [1.165, 1.54) is 25.8 Å². The van der Waals surface area contributed by atoms with E-state index < -0.39 is 0 Å². The molecule has 2 fully saturated rings. The fourth-order valence-corrected chi connectivity index (χ4v) is 1.99. The predicted molar refractivity (Wildman–Crippen MR) is 60.3 cm³/mol. The van der Waals surface area contributed by atoms with Crippen molar-refractivity contribution in [3.63, 3.8) is 0 Å². The Morgan fingerprint density at radius 2 is 2.29 bits per heavy atom. The second-order valence-corrected chi connectivity index (χ2v) is 4.77. The zero-order chi connectivity index (χ0) is 9.97. The lowest BCUT2D eigenvalue weighted by Crippen LogP contribution is -2.47. The molecule has 0 spiro atoms. The molecule has 0 aromatic carbocycles. The maximum atomic E-state index is 5.58. The van der Waals surface area contributed by atoms with Gasteiger partial charge in [-0.05, 0) is 18.9 Å². The summed E-state index contributed by atoms with van der Waals surface area (Å²) in [5.41, 5.74) is 5.58. The lowest BCUT2D eigenvalue weighted by Gasteiger charge is -2.32. The number of nitrogens with zero attached hydrogens (tertiary/aromatic N) is 1. The van der Waals surface area contributed by atoms with Gasteiger partial charge in [0.05, 0.1) is 6.61 Å². The van der Waals surface area contributed by atoms with Crippen LogP contribution in [0.2, 0.25) is 0 Å².